The van der Waals surface area contributed by atoms with E-state index in [0.717, 1.165) is 6.42 Å². The van der Waals surface area contributed by atoms with E-state index in [9.17, 15) is 17.6 Å². The Labute approximate surface area is 126 Å². The quantitative estimate of drug-likeness (QED) is 0.730. The van der Waals surface area contributed by atoms with Gasteiger partial charge in [-0.2, -0.15) is 13.2 Å². The molecular weight excluding hydrogens is 310 g/mol. The lowest BCUT2D eigenvalue weighted by molar-refractivity contribution is -0.175. The highest BCUT2D eigenvalue weighted by molar-refractivity contribution is 6.31. The molecule has 0 saturated carbocycles. The fourth-order valence-corrected chi connectivity index (χ4v) is 2.02. The molecule has 0 aliphatic carbocycles. The molecule has 0 heterocycles. The van der Waals surface area contributed by atoms with Crippen LogP contribution in [0, 0.1) is 5.82 Å². The van der Waals surface area contributed by atoms with E-state index >= 15 is 0 Å². The van der Waals surface area contributed by atoms with Gasteiger partial charge in [-0.3, -0.25) is 0 Å². The summed E-state index contributed by atoms with van der Waals surface area (Å²) in [5, 5.41) is 3.46. The van der Waals surface area contributed by atoms with Crippen LogP contribution < -0.4 is 5.32 Å². The van der Waals surface area contributed by atoms with Crippen molar-refractivity contribution in [2.24, 2.45) is 0 Å². The minimum Gasteiger partial charge on any atom is -0.370 e. The van der Waals surface area contributed by atoms with Gasteiger partial charge >= 0.3 is 6.18 Å². The molecule has 0 spiro atoms. The monoisotopic (exact) mass is 327 g/mol. The van der Waals surface area contributed by atoms with Crippen molar-refractivity contribution in [2.45, 2.75) is 32.0 Å². The van der Waals surface area contributed by atoms with Crippen LogP contribution in [0.3, 0.4) is 0 Å². The van der Waals surface area contributed by atoms with Crippen LogP contribution >= 0.6 is 11.6 Å². The van der Waals surface area contributed by atoms with E-state index in [4.69, 9.17) is 11.6 Å². The number of ether oxygens (including phenoxy) is 1. The third-order valence-corrected chi connectivity index (χ3v) is 3.11. The van der Waals surface area contributed by atoms with Gasteiger partial charge in [0.25, 0.3) is 0 Å². The second kappa shape index (κ2) is 8.56. The summed E-state index contributed by atoms with van der Waals surface area (Å²) in [6.07, 6.45) is -3.23. The van der Waals surface area contributed by atoms with E-state index in [2.05, 4.69) is 10.1 Å². The van der Waals surface area contributed by atoms with Gasteiger partial charge in [-0.05, 0) is 43.1 Å². The molecule has 1 unspecified atom stereocenters. The number of rotatable bonds is 8. The standard InChI is InChI=1S/C14H18ClF4NO/c1-2-5-20-12(8-21-9-14(17,18)19)7-10-6-11(16)3-4-13(10)15/h3-4,6,12,20H,2,5,7-9H2,1H3. The van der Waals surface area contributed by atoms with E-state index in [-0.39, 0.29) is 12.6 Å². The summed E-state index contributed by atoms with van der Waals surface area (Å²) >= 11 is 5.97. The van der Waals surface area contributed by atoms with Crippen LogP contribution in [-0.2, 0) is 11.2 Å². The maximum Gasteiger partial charge on any atom is 0.411 e. The average molecular weight is 328 g/mol. The fourth-order valence-electron chi connectivity index (χ4n) is 1.82. The first-order valence-electron chi connectivity index (χ1n) is 6.63. The predicted octanol–water partition coefficient (Wildman–Crippen LogP) is 3.97. The summed E-state index contributed by atoms with van der Waals surface area (Å²) < 4.78 is 54.1. The maximum atomic E-state index is 13.2. The Balaban J connectivity index is 2.62. The van der Waals surface area contributed by atoms with Crippen LogP contribution in [0.15, 0.2) is 18.2 Å². The average Bonchev–Trinajstić information content (AvgIpc) is 2.38. The van der Waals surface area contributed by atoms with E-state index in [1.807, 2.05) is 6.92 Å². The van der Waals surface area contributed by atoms with Crippen molar-refractivity contribution in [1.29, 1.82) is 0 Å². The van der Waals surface area contributed by atoms with Crippen LogP contribution in [0.5, 0.6) is 0 Å². The number of hydrogen-bond donors (Lipinski definition) is 1. The largest absolute Gasteiger partial charge is 0.411 e. The second-order valence-electron chi connectivity index (χ2n) is 4.72. The molecule has 0 amide bonds. The zero-order valence-electron chi connectivity index (χ0n) is 11.6. The molecule has 1 N–H and O–H groups in total. The molecule has 1 rings (SSSR count). The normalized spacial score (nSPS) is 13.4. The Morgan fingerprint density at radius 2 is 2.05 bits per heavy atom. The number of nitrogens with one attached hydrogen (secondary N) is 1. The summed E-state index contributed by atoms with van der Waals surface area (Å²) in [5.74, 6) is -0.431. The van der Waals surface area contributed by atoms with Crippen LogP contribution in [-0.4, -0.2) is 32.0 Å². The van der Waals surface area contributed by atoms with Gasteiger partial charge in [-0.15, -0.1) is 0 Å². The van der Waals surface area contributed by atoms with Crippen molar-refractivity contribution in [3.05, 3.63) is 34.6 Å². The minimum atomic E-state index is -4.36. The van der Waals surface area contributed by atoms with Crippen molar-refractivity contribution in [1.82, 2.24) is 5.32 Å². The number of alkyl halides is 3. The highest BCUT2D eigenvalue weighted by Crippen LogP contribution is 2.19. The third kappa shape index (κ3) is 7.64. The molecule has 1 aromatic carbocycles. The minimum absolute atomic E-state index is 0.119. The van der Waals surface area contributed by atoms with Crippen molar-refractivity contribution in [3.63, 3.8) is 0 Å². The summed E-state index contributed by atoms with van der Waals surface area (Å²) in [5.41, 5.74) is 0.542. The summed E-state index contributed by atoms with van der Waals surface area (Å²) in [6.45, 7) is 1.16. The Hall–Kier alpha value is -0.850. The third-order valence-electron chi connectivity index (χ3n) is 2.74. The SMILES string of the molecule is CCCNC(COCC(F)(F)F)Cc1cc(F)ccc1Cl. The van der Waals surface area contributed by atoms with Crippen LogP contribution in [0.1, 0.15) is 18.9 Å². The van der Waals surface area contributed by atoms with Gasteiger partial charge in [0, 0.05) is 11.1 Å². The maximum absolute atomic E-state index is 13.2. The molecule has 120 valence electrons. The van der Waals surface area contributed by atoms with Gasteiger partial charge in [-0.25, -0.2) is 4.39 Å². The Morgan fingerprint density at radius 1 is 1.33 bits per heavy atom. The predicted molar refractivity (Wildman–Crippen MR) is 74.1 cm³/mol. The van der Waals surface area contributed by atoms with E-state index < -0.39 is 18.6 Å². The Kier molecular flexibility index (Phi) is 7.42. The van der Waals surface area contributed by atoms with Gasteiger partial charge in [0.15, 0.2) is 0 Å². The molecule has 21 heavy (non-hydrogen) atoms. The molecule has 2 nitrogen and oxygen atoms in total. The van der Waals surface area contributed by atoms with Gasteiger partial charge in [0.1, 0.15) is 12.4 Å². The molecule has 0 bridgehead atoms. The van der Waals surface area contributed by atoms with Crippen LogP contribution in [0.2, 0.25) is 5.02 Å². The Morgan fingerprint density at radius 3 is 2.67 bits per heavy atom. The number of benzene rings is 1. The summed E-state index contributed by atoms with van der Waals surface area (Å²) in [7, 11) is 0. The molecule has 1 aromatic rings. The second-order valence-corrected chi connectivity index (χ2v) is 5.13. The zero-order valence-corrected chi connectivity index (χ0v) is 12.4. The topological polar surface area (TPSA) is 21.3 Å². The fraction of sp³-hybridized carbons (Fsp3) is 0.571. The smallest absolute Gasteiger partial charge is 0.370 e. The first-order chi connectivity index (χ1) is 9.81. The van der Waals surface area contributed by atoms with Crippen LogP contribution in [0.4, 0.5) is 17.6 Å². The first kappa shape index (κ1) is 18.2. The molecule has 0 aliphatic rings. The van der Waals surface area contributed by atoms with Gasteiger partial charge in [-0.1, -0.05) is 18.5 Å². The lowest BCUT2D eigenvalue weighted by atomic mass is 10.1. The Bertz CT molecular complexity index is 439. The molecular formula is C14H18ClF4NO. The number of hydrogen-bond acceptors (Lipinski definition) is 2. The molecule has 0 aliphatic heterocycles. The van der Waals surface area contributed by atoms with Gasteiger partial charge in [0.2, 0.25) is 0 Å². The van der Waals surface area contributed by atoms with Crippen molar-refractivity contribution < 1.29 is 22.3 Å². The molecule has 0 fully saturated rings. The summed E-state index contributed by atoms with van der Waals surface area (Å²) in [4.78, 5) is 0. The van der Waals surface area contributed by atoms with Crippen molar-refractivity contribution in [2.75, 3.05) is 19.8 Å². The number of halogens is 5. The van der Waals surface area contributed by atoms with E-state index in [0.29, 0.717) is 23.6 Å². The molecule has 1 atom stereocenters. The van der Waals surface area contributed by atoms with E-state index in [1.165, 1.54) is 18.2 Å². The molecule has 0 saturated heterocycles. The van der Waals surface area contributed by atoms with E-state index in [1.54, 1.807) is 0 Å². The van der Waals surface area contributed by atoms with Gasteiger partial charge in [0.05, 0.1) is 6.61 Å². The molecule has 0 aromatic heterocycles. The highest BCUT2D eigenvalue weighted by Gasteiger charge is 2.28. The van der Waals surface area contributed by atoms with Crippen LogP contribution in [0.25, 0.3) is 0 Å². The lowest BCUT2D eigenvalue weighted by Crippen LogP contribution is -2.37. The van der Waals surface area contributed by atoms with Crippen molar-refractivity contribution in [3.8, 4) is 0 Å². The lowest BCUT2D eigenvalue weighted by Gasteiger charge is -2.20. The zero-order chi connectivity index (χ0) is 15.9. The van der Waals surface area contributed by atoms with Gasteiger partial charge < -0.3 is 10.1 Å². The molecule has 0 radical (unpaired) electrons. The summed E-state index contributed by atoms with van der Waals surface area (Å²) in [6, 6.07) is 3.60. The molecule has 7 heteroatoms. The van der Waals surface area contributed by atoms with Crippen molar-refractivity contribution >= 4 is 11.6 Å². The highest BCUT2D eigenvalue weighted by atomic mass is 35.5. The first-order valence-corrected chi connectivity index (χ1v) is 7.01.